The number of rotatable bonds is 9. The third kappa shape index (κ3) is 7.59. The van der Waals surface area contributed by atoms with Crippen LogP contribution in [0.25, 0.3) is 0 Å². The number of carbonyl (C=O) groups excluding carboxylic acids is 2. The molecule has 5 rings (SSSR count). The first-order valence-electron chi connectivity index (χ1n) is 14.7. The molecule has 3 aromatic rings. The van der Waals surface area contributed by atoms with Gasteiger partial charge in [0, 0.05) is 89.3 Å². The summed E-state index contributed by atoms with van der Waals surface area (Å²) in [6, 6.07) is 14.1. The van der Waals surface area contributed by atoms with Crippen LogP contribution >= 0.6 is 11.6 Å². The van der Waals surface area contributed by atoms with Gasteiger partial charge in [0.1, 0.15) is 10.8 Å². The molecule has 2 aromatic carbocycles. The molecule has 1 aromatic heterocycles. The Hall–Kier alpha value is -4.25. The van der Waals surface area contributed by atoms with Crippen LogP contribution in [0.4, 0.5) is 34.5 Å². The van der Waals surface area contributed by atoms with Crippen LogP contribution in [0.3, 0.4) is 0 Å². The molecule has 11 nitrogen and oxygen atoms in total. The molecule has 0 atom stereocenters. The number of hydrogen-bond donors (Lipinski definition) is 2. The first kappa shape index (κ1) is 30.2. The summed E-state index contributed by atoms with van der Waals surface area (Å²) in [5.41, 5.74) is 3.75. The van der Waals surface area contributed by atoms with Crippen LogP contribution in [0, 0.1) is 0 Å². The zero-order valence-corrected chi connectivity index (χ0v) is 25.7. The van der Waals surface area contributed by atoms with E-state index in [0.29, 0.717) is 42.2 Å². The summed E-state index contributed by atoms with van der Waals surface area (Å²) < 4.78 is 6.11. The van der Waals surface area contributed by atoms with Crippen LogP contribution in [-0.4, -0.2) is 90.5 Å². The molecule has 228 valence electrons. The molecule has 0 radical (unpaired) electrons. The second-order valence-electron chi connectivity index (χ2n) is 10.7. The molecular formula is C31H39ClN8O3. The summed E-state index contributed by atoms with van der Waals surface area (Å²) in [5, 5.41) is 6.99. The number of hydrogen-bond acceptors (Lipinski definition) is 9. The second-order valence-corrected chi connectivity index (χ2v) is 11.1. The van der Waals surface area contributed by atoms with Crippen molar-refractivity contribution in [2.45, 2.75) is 27.2 Å². The smallest absolute Gasteiger partial charge is 0.229 e. The molecule has 0 bridgehead atoms. The molecule has 0 aliphatic carbocycles. The summed E-state index contributed by atoms with van der Waals surface area (Å²) in [6.07, 6.45) is 2.44. The van der Waals surface area contributed by atoms with E-state index in [0.717, 1.165) is 68.4 Å². The molecule has 2 N–H and O–H groups in total. The molecule has 2 aliphatic heterocycles. The van der Waals surface area contributed by atoms with Gasteiger partial charge in [0.15, 0.2) is 5.82 Å². The minimum atomic E-state index is 0.111. The highest BCUT2D eigenvalue weighted by Gasteiger charge is 2.21. The molecule has 43 heavy (non-hydrogen) atoms. The van der Waals surface area contributed by atoms with Crippen molar-refractivity contribution in [2.75, 3.05) is 79.4 Å². The van der Waals surface area contributed by atoms with E-state index in [1.807, 2.05) is 40.1 Å². The fourth-order valence-electron chi connectivity index (χ4n) is 5.23. The van der Waals surface area contributed by atoms with Gasteiger partial charge in [0.25, 0.3) is 0 Å². The lowest BCUT2D eigenvalue weighted by Gasteiger charge is -2.35. The van der Waals surface area contributed by atoms with Crippen LogP contribution in [0.1, 0.15) is 27.2 Å². The zero-order chi connectivity index (χ0) is 30.3. The number of ether oxygens (including phenoxy) is 1. The number of nitrogens with one attached hydrogen (secondary N) is 2. The van der Waals surface area contributed by atoms with E-state index >= 15 is 0 Å². The van der Waals surface area contributed by atoms with E-state index in [1.165, 1.54) is 0 Å². The van der Waals surface area contributed by atoms with E-state index in [2.05, 4.69) is 49.5 Å². The van der Waals surface area contributed by atoms with Crippen molar-refractivity contribution in [2.24, 2.45) is 0 Å². The third-order valence-electron chi connectivity index (χ3n) is 7.73. The standard InChI is InChI=1S/C31H39ClN8O3/c1-4-19-43-29-20-26(40-17-13-38(14-18-40)23(3)42)9-10-28(29)35-30-27(32)21-33-31(36-30)34-24-5-7-25(8-6-24)39-15-11-37(12-16-39)22(2)41/h5-10,20-21H,4,11-19H2,1-3H3,(H2,33,34,35,36). The number of carbonyl (C=O) groups is 2. The van der Waals surface area contributed by atoms with E-state index in [-0.39, 0.29) is 11.8 Å². The molecule has 2 amide bonds. The Morgan fingerprint density at radius 3 is 2.00 bits per heavy atom. The topological polar surface area (TPSA) is 106 Å². The van der Waals surface area contributed by atoms with Gasteiger partial charge < -0.3 is 35.0 Å². The highest BCUT2D eigenvalue weighted by Crippen LogP contribution is 2.34. The van der Waals surface area contributed by atoms with Gasteiger partial charge in [-0.05, 0) is 42.8 Å². The van der Waals surface area contributed by atoms with Gasteiger partial charge in [-0.3, -0.25) is 9.59 Å². The number of halogens is 1. The predicted octanol–water partition coefficient (Wildman–Crippen LogP) is 4.74. The van der Waals surface area contributed by atoms with Crippen LogP contribution in [-0.2, 0) is 9.59 Å². The maximum absolute atomic E-state index is 11.7. The molecule has 2 saturated heterocycles. The first-order chi connectivity index (χ1) is 20.8. The van der Waals surface area contributed by atoms with Gasteiger partial charge in [0.05, 0.1) is 18.5 Å². The SMILES string of the molecule is CCCOc1cc(N2CCN(C(C)=O)CC2)ccc1Nc1nc(Nc2ccc(N3CCN(C(C)=O)CC3)cc2)ncc1Cl. The molecule has 12 heteroatoms. The van der Waals surface area contributed by atoms with Crippen molar-refractivity contribution in [1.82, 2.24) is 19.8 Å². The molecule has 0 unspecified atom stereocenters. The van der Waals surface area contributed by atoms with Gasteiger partial charge in [-0.1, -0.05) is 18.5 Å². The lowest BCUT2D eigenvalue weighted by molar-refractivity contribution is -0.129. The summed E-state index contributed by atoms with van der Waals surface area (Å²) in [6.45, 7) is 11.9. The van der Waals surface area contributed by atoms with E-state index < -0.39 is 0 Å². The largest absolute Gasteiger partial charge is 0.491 e. The number of nitrogens with zero attached hydrogens (tertiary/aromatic N) is 6. The summed E-state index contributed by atoms with van der Waals surface area (Å²) >= 11 is 6.51. The Morgan fingerprint density at radius 2 is 1.42 bits per heavy atom. The number of benzene rings is 2. The average Bonchev–Trinajstić information content (AvgIpc) is 3.02. The van der Waals surface area contributed by atoms with Gasteiger partial charge in [-0.2, -0.15) is 4.98 Å². The van der Waals surface area contributed by atoms with Crippen molar-refractivity contribution in [3.8, 4) is 5.75 Å². The van der Waals surface area contributed by atoms with Crippen LogP contribution in [0.5, 0.6) is 5.75 Å². The lowest BCUT2D eigenvalue weighted by atomic mass is 10.2. The van der Waals surface area contributed by atoms with Crippen molar-refractivity contribution in [1.29, 1.82) is 0 Å². The maximum atomic E-state index is 11.7. The Labute approximate surface area is 257 Å². The average molecular weight is 607 g/mol. The van der Waals surface area contributed by atoms with Crippen molar-refractivity contribution >= 4 is 57.9 Å². The van der Waals surface area contributed by atoms with Gasteiger partial charge in [0.2, 0.25) is 17.8 Å². The fourth-order valence-corrected chi connectivity index (χ4v) is 5.37. The van der Waals surface area contributed by atoms with Crippen LogP contribution in [0.15, 0.2) is 48.7 Å². The summed E-state index contributed by atoms with van der Waals surface area (Å²) in [7, 11) is 0. The van der Waals surface area contributed by atoms with Gasteiger partial charge in [-0.25, -0.2) is 4.98 Å². The molecule has 2 aliphatic rings. The summed E-state index contributed by atoms with van der Waals surface area (Å²) in [5.74, 6) is 1.81. The minimum Gasteiger partial charge on any atom is -0.491 e. The molecule has 2 fully saturated rings. The Bertz CT molecular complexity index is 1420. The van der Waals surface area contributed by atoms with E-state index in [9.17, 15) is 9.59 Å². The molecule has 3 heterocycles. The second kappa shape index (κ2) is 13.8. The minimum absolute atomic E-state index is 0.111. The third-order valence-corrected chi connectivity index (χ3v) is 8.00. The number of piperazine rings is 2. The van der Waals surface area contributed by atoms with Gasteiger partial charge in [-0.15, -0.1) is 0 Å². The van der Waals surface area contributed by atoms with Crippen molar-refractivity contribution in [3.05, 3.63) is 53.7 Å². The zero-order valence-electron chi connectivity index (χ0n) is 25.0. The van der Waals surface area contributed by atoms with Gasteiger partial charge >= 0.3 is 0 Å². The van der Waals surface area contributed by atoms with Crippen LogP contribution in [0.2, 0.25) is 5.02 Å². The lowest BCUT2D eigenvalue weighted by Crippen LogP contribution is -2.48. The Balaban J connectivity index is 1.26. The first-order valence-corrected chi connectivity index (χ1v) is 15.1. The number of anilines is 6. The predicted molar refractivity (Wildman–Crippen MR) is 171 cm³/mol. The normalized spacial score (nSPS) is 15.3. The number of aromatic nitrogens is 2. The fraction of sp³-hybridized carbons (Fsp3) is 0.419. The van der Waals surface area contributed by atoms with Crippen molar-refractivity contribution in [3.63, 3.8) is 0 Å². The Kier molecular flexibility index (Phi) is 9.71. The van der Waals surface area contributed by atoms with Crippen molar-refractivity contribution < 1.29 is 14.3 Å². The molecule has 0 spiro atoms. The quantitative estimate of drug-likeness (QED) is 0.357. The highest BCUT2D eigenvalue weighted by molar-refractivity contribution is 6.33. The van der Waals surface area contributed by atoms with E-state index in [4.69, 9.17) is 16.3 Å². The monoisotopic (exact) mass is 606 g/mol. The highest BCUT2D eigenvalue weighted by atomic mass is 35.5. The summed E-state index contributed by atoms with van der Waals surface area (Å²) in [4.78, 5) is 40.7. The molecule has 0 saturated carbocycles. The van der Waals surface area contributed by atoms with E-state index in [1.54, 1.807) is 20.0 Å². The van der Waals surface area contributed by atoms with Crippen LogP contribution < -0.4 is 25.2 Å². The Morgan fingerprint density at radius 1 is 0.837 bits per heavy atom. The maximum Gasteiger partial charge on any atom is 0.229 e. The number of amides is 2. The molecular weight excluding hydrogens is 568 g/mol.